The molecule has 1 unspecified atom stereocenters. The van der Waals surface area contributed by atoms with Crippen LogP contribution in [0.25, 0.3) is 0 Å². The number of hydrogen-bond acceptors (Lipinski definition) is 4. The lowest BCUT2D eigenvalue weighted by Gasteiger charge is -2.09. The highest BCUT2D eigenvalue weighted by atomic mass is 16.5. The predicted octanol–water partition coefficient (Wildman–Crippen LogP) is 1.26. The largest absolute Gasteiger partial charge is 0.507 e. The van der Waals surface area contributed by atoms with Crippen LogP contribution in [-0.4, -0.2) is 30.5 Å². The highest BCUT2D eigenvalue weighted by Crippen LogP contribution is 2.44. The first-order valence-electron chi connectivity index (χ1n) is 4.90. The molecule has 0 aliphatic carbocycles. The minimum Gasteiger partial charge on any atom is -0.507 e. The topological polar surface area (TPSA) is 58.9 Å². The second-order valence-electron chi connectivity index (χ2n) is 3.58. The second kappa shape index (κ2) is 3.98. The SMILES string of the molecule is COc1cc(O)c2c(c1)OCC2CCO. The zero-order chi connectivity index (χ0) is 10.8. The van der Waals surface area contributed by atoms with E-state index in [0.717, 1.165) is 5.56 Å². The van der Waals surface area contributed by atoms with E-state index < -0.39 is 0 Å². The van der Waals surface area contributed by atoms with Gasteiger partial charge in [-0.25, -0.2) is 0 Å². The van der Waals surface area contributed by atoms with Crippen molar-refractivity contribution in [1.29, 1.82) is 0 Å². The Morgan fingerprint density at radius 1 is 1.53 bits per heavy atom. The van der Waals surface area contributed by atoms with Gasteiger partial charge in [0, 0.05) is 30.2 Å². The monoisotopic (exact) mass is 210 g/mol. The minimum absolute atomic E-state index is 0.0795. The average Bonchev–Trinajstić information content (AvgIpc) is 2.62. The average molecular weight is 210 g/mol. The predicted molar refractivity (Wildman–Crippen MR) is 54.6 cm³/mol. The van der Waals surface area contributed by atoms with E-state index in [0.29, 0.717) is 24.5 Å². The number of hydrogen-bond donors (Lipinski definition) is 2. The Labute approximate surface area is 88.1 Å². The van der Waals surface area contributed by atoms with Gasteiger partial charge in [-0.15, -0.1) is 0 Å². The molecule has 0 fully saturated rings. The number of rotatable bonds is 3. The Morgan fingerprint density at radius 2 is 2.33 bits per heavy atom. The lowest BCUT2D eigenvalue weighted by atomic mass is 9.97. The van der Waals surface area contributed by atoms with Gasteiger partial charge >= 0.3 is 0 Å². The Morgan fingerprint density at radius 3 is 3.00 bits per heavy atom. The molecule has 0 saturated heterocycles. The summed E-state index contributed by atoms with van der Waals surface area (Å²) in [4.78, 5) is 0. The third-order valence-electron chi connectivity index (χ3n) is 2.66. The number of phenolic OH excluding ortho intramolecular Hbond substituents is 1. The third-order valence-corrected chi connectivity index (χ3v) is 2.66. The van der Waals surface area contributed by atoms with Crippen molar-refractivity contribution in [1.82, 2.24) is 0 Å². The van der Waals surface area contributed by atoms with E-state index in [9.17, 15) is 5.11 Å². The summed E-state index contributed by atoms with van der Waals surface area (Å²) in [6.07, 6.45) is 0.604. The molecule has 0 bridgehead atoms. The van der Waals surface area contributed by atoms with Crippen LogP contribution in [0.2, 0.25) is 0 Å². The Kier molecular flexibility index (Phi) is 2.68. The van der Waals surface area contributed by atoms with Gasteiger partial charge in [0.15, 0.2) is 0 Å². The number of fused-ring (bicyclic) bond motifs is 1. The smallest absolute Gasteiger partial charge is 0.130 e. The van der Waals surface area contributed by atoms with Gasteiger partial charge in [-0.1, -0.05) is 0 Å². The van der Waals surface area contributed by atoms with Gasteiger partial charge in [0.1, 0.15) is 17.2 Å². The van der Waals surface area contributed by atoms with Gasteiger partial charge < -0.3 is 19.7 Å². The number of aromatic hydroxyl groups is 1. The van der Waals surface area contributed by atoms with Crippen LogP contribution in [0.4, 0.5) is 0 Å². The van der Waals surface area contributed by atoms with Crippen LogP contribution in [0, 0.1) is 0 Å². The van der Waals surface area contributed by atoms with E-state index in [4.69, 9.17) is 14.6 Å². The normalized spacial score (nSPS) is 18.4. The first kappa shape index (κ1) is 10.1. The summed E-state index contributed by atoms with van der Waals surface area (Å²) in [7, 11) is 1.54. The summed E-state index contributed by atoms with van der Waals surface area (Å²) < 4.78 is 10.5. The van der Waals surface area contributed by atoms with Crippen LogP contribution in [-0.2, 0) is 0 Å². The maximum atomic E-state index is 9.80. The molecule has 1 aliphatic rings. The van der Waals surface area contributed by atoms with Gasteiger partial charge in [0.25, 0.3) is 0 Å². The molecule has 1 aromatic carbocycles. The summed E-state index contributed by atoms with van der Waals surface area (Å²) in [5, 5.41) is 18.7. The van der Waals surface area contributed by atoms with Crippen LogP contribution < -0.4 is 9.47 Å². The molecule has 1 aliphatic heterocycles. The molecule has 2 rings (SSSR count). The highest BCUT2D eigenvalue weighted by molar-refractivity contribution is 5.53. The number of methoxy groups -OCH3 is 1. The molecule has 4 heteroatoms. The van der Waals surface area contributed by atoms with E-state index in [1.807, 2.05) is 0 Å². The van der Waals surface area contributed by atoms with Crippen molar-refractivity contribution in [2.24, 2.45) is 0 Å². The van der Waals surface area contributed by atoms with Crippen LogP contribution in [0.1, 0.15) is 17.9 Å². The Hall–Kier alpha value is -1.42. The standard InChI is InChI=1S/C11H14O4/c1-14-8-4-9(13)11-7(2-3-12)6-15-10(11)5-8/h4-5,7,12-13H,2-3,6H2,1H3. The van der Waals surface area contributed by atoms with Gasteiger partial charge in [-0.3, -0.25) is 0 Å². The molecule has 2 N–H and O–H groups in total. The van der Waals surface area contributed by atoms with E-state index >= 15 is 0 Å². The van der Waals surface area contributed by atoms with Gasteiger partial charge in [-0.05, 0) is 6.42 Å². The molecule has 1 heterocycles. The van der Waals surface area contributed by atoms with Gasteiger partial charge in [-0.2, -0.15) is 0 Å². The third kappa shape index (κ3) is 1.72. The fourth-order valence-corrected chi connectivity index (χ4v) is 1.89. The van der Waals surface area contributed by atoms with Gasteiger partial charge in [0.2, 0.25) is 0 Å². The molecule has 0 radical (unpaired) electrons. The van der Waals surface area contributed by atoms with E-state index in [1.54, 1.807) is 19.2 Å². The lowest BCUT2D eigenvalue weighted by Crippen LogP contribution is -2.02. The van der Waals surface area contributed by atoms with Crippen molar-refractivity contribution >= 4 is 0 Å². The molecule has 1 aromatic rings. The quantitative estimate of drug-likeness (QED) is 0.788. The maximum Gasteiger partial charge on any atom is 0.130 e. The number of ether oxygens (including phenoxy) is 2. The van der Waals surface area contributed by atoms with Crippen LogP contribution in [0.15, 0.2) is 12.1 Å². The molecule has 4 nitrogen and oxygen atoms in total. The van der Waals surface area contributed by atoms with E-state index in [-0.39, 0.29) is 18.3 Å². The first-order chi connectivity index (χ1) is 7.26. The van der Waals surface area contributed by atoms with E-state index in [1.165, 1.54) is 0 Å². The molecule has 15 heavy (non-hydrogen) atoms. The number of aliphatic hydroxyl groups excluding tert-OH is 1. The molecule has 1 atom stereocenters. The zero-order valence-electron chi connectivity index (χ0n) is 8.56. The van der Waals surface area contributed by atoms with Gasteiger partial charge in [0.05, 0.1) is 13.7 Å². The molecule has 82 valence electrons. The Balaban J connectivity index is 2.36. The van der Waals surface area contributed by atoms with Crippen molar-refractivity contribution in [3.63, 3.8) is 0 Å². The second-order valence-corrected chi connectivity index (χ2v) is 3.58. The summed E-state index contributed by atoms with van der Waals surface area (Å²) in [5.74, 6) is 1.50. The summed E-state index contributed by atoms with van der Waals surface area (Å²) >= 11 is 0. The summed E-state index contributed by atoms with van der Waals surface area (Å²) in [6, 6.07) is 3.32. The first-order valence-corrected chi connectivity index (χ1v) is 4.90. The minimum atomic E-state index is 0.0795. The van der Waals surface area contributed by atoms with Crippen LogP contribution in [0.3, 0.4) is 0 Å². The van der Waals surface area contributed by atoms with Crippen molar-refractivity contribution < 1.29 is 19.7 Å². The number of benzene rings is 1. The number of aliphatic hydroxyl groups is 1. The molecule has 0 spiro atoms. The van der Waals surface area contributed by atoms with E-state index in [2.05, 4.69) is 0 Å². The molecular weight excluding hydrogens is 196 g/mol. The molecule has 0 aromatic heterocycles. The molecular formula is C11H14O4. The van der Waals surface area contributed by atoms with Crippen molar-refractivity contribution in [3.8, 4) is 17.2 Å². The number of phenols is 1. The highest BCUT2D eigenvalue weighted by Gasteiger charge is 2.27. The Bertz CT molecular complexity index is 362. The summed E-state index contributed by atoms with van der Waals surface area (Å²) in [5.41, 5.74) is 0.782. The molecule has 0 amide bonds. The van der Waals surface area contributed by atoms with Crippen molar-refractivity contribution in [2.45, 2.75) is 12.3 Å². The lowest BCUT2D eigenvalue weighted by molar-refractivity contribution is 0.254. The fraction of sp³-hybridized carbons (Fsp3) is 0.455. The zero-order valence-corrected chi connectivity index (χ0v) is 8.56. The fourth-order valence-electron chi connectivity index (χ4n) is 1.89. The van der Waals surface area contributed by atoms with Crippen molar-refractivity contribution in [3.05, 3.63) is 17.7 Å². The molecule has 0 saturated carbocycles. The van der Waals surface area contributed by atoms with Crippen molar-refractivity contribution in [2.75, 3.05) is 20.3 Å². The van der Waals surface area contributed by atoms with Crippen LogP contribution in [0.5, 0.6) is 17.2 Å². The van der Waals surface area contributed by atoms with Crippen LogP contribution >= 0.6 is 0 Å². The maximum absolute atomic E-state index is 9.80. The summed E-state index contributed by atoms with van der Waals surface area (Å²) in [6.45, 7) is 0.607.